The molecule has 2 heterocycles. The summed E-state index contributed by atoms with van der Waals surface area (Å²) < 4.78 is 43.3. The van der Waals surface area contributed by atoms with Crippen molar-refractivity contribution in [3.05, 3.63) is 34.2 Å². The van der Waals surface area contributed by atoms with Crippen molar-refractivity contribution in [2.45, 2.75) is 38.9 Å². The van der Waals surface area contributed by atoms with Gasteiger partial charge in [0.15, 0.2) is 6.61 Å². The smallest absolute Gasteiger partial charge is 0.422 e. The van der Waals surface area contributed by atoms with Crippen molar-refractivity contribution in [3.63, 3.8) is 0 Å². The number of nitrogens with zero attached hydrogens (tertiary/aromatic N) is 4. The van der Waals surface area contributed by atoms with Crippen molar-refractivity contribution < 1.29 is 17.9 Å². The van der Waals surface area contributed by atoms with Crippen LogP contribution >= 0.6 is 15.9 Å². The van der Waals surface area contributed by atoms with Gasteiger partial charge in [-0.3, -0.25) is 4.68 Å². The van der Waals surface area contributed by atoms with Crippen LogP contribution in [0.4, 0.5) is 13.2 Å². The van der Waals surface area contributed by atoms with Crippen molar-refractivity contribution in [2.75, 3.05) is 6.61 Å². The first-order valence-corrected chi connectivity index (χ1v) is 7.59. The van der Waals surface area contributed by atoms with Gasteiger partial charge in [-0.1, -0.05) is 20.8 Å². The predicted octanol–water partition coefficient (Wildman–Crippen LogP) is 3.72. The molecule has 9 heteroatoms. The third-order valence-electron chi connectivity index (χ3n) is 2.83. The van der Waals surface area contributed by atoms with Gasteiger partial charge in [0.25, 0.3) is 0 Å². The Morgan fingerprint density at radius 1 is 1.17 bits per heavy atom. The van der Waals surface area contributed by atoms with Crippen LogP contribution in [0.2, 0.25) is 0 Å². The minimum Gasteiger partial charge on any atom is -0.467 e. The summed E-state index contributed by atoms with van der Waals surface area (Å²) >= 11 is 3.47. The summed E-state index contributed by atoms with van der Waals surface area (Å²) in [6.07, 6.45) is -2.57. The third-order valence-corrected chi connectivity index (χ3v) is 3.41. The van der Waals surface area contributed by atoms with Gasteiger partial charge >= 0.3 is 6.18 Å². The molecule has 0 spiro atoms. The van der Waals surface area contributed by atoms with Gasteiger partial charge in [-0.25, -0.2) is 0 Å². The van der Waals surface area contributed by atoms with Gasteiger partial charge in [0.1, 0.15) is 0 Å². The molecule has 0 saturated carbocycles. The molecule has 0 N–H and O–H groups in total. The fourth-order valence-corrected chi connectivity index (χ4v) is 2.73. The monoisotopic (exact) mass is 392 g/mol. The lowest BCUT2D eigenvalue weighted by atomic mass is 9.93. The minimum absolute atomic E-state index is 0.106. The molecule has 0 saturated heterocycles. The van der Waals surface area contributed by atoms with Crippen molar-refractivity contribution in [3.8, 4) is 5.88 Å². The summed E-state index contributed by atoms with van der Waals surface area (Å²) in [5.41, 5.74) is 1.38. The molecule has 0 unspecified atom stereocenters. The maximum absolute atomic E-state index is 12.1. The van der Waals surface area contributed by atoms with Crippen LogP contribution in [0, 0.1) is 0 Å². The molecule has 0 amide bonds. The number of ether oxygens (including phenoxy) is 1. The fourth-order valence-electron chi connectivity index (χ4n) is 1.82. The van der Waals surface area contributed by atoms with Gasteiger partial charge in [-0.2, -0.15) is 18.3 Å². The molecular weight excluding hydrogens is 377 g/mol. The molecule has 0 bridgehead atoms. The van der Waals surface area contributed by atoms with Gasteiger partial charge in [0.2, 0.25) is 5.88 Å². The normalized spacial score (nSPS) is 12.5. The first-order valence-electron chi connectivity index (χ1n) is 6.80. The van der Waals surface area contributed by atoms with E-state index in [9.17, 15) is 13.2 Å². The van der Waals surface area contributed by atoms with Crippen LogP contribution in [0.1, 0.15) is 32.2 Å². The molecule has 2 rings (SSSR count). The number of aromatic nitrogens is 4. The van der Waals surface area contributed by atoms with Crippen LogP contribution in [0.5, 0.6) is 5.88 Å². The maximum atomic E-state index is 12.1. The Morgan fingerprint density at radius 3 is 2.35 bits per heavy atom. The Balaban J connectivity index is 2.04. The lowest BCUT2D eigenvalue weighted by Gasteiger charge is -2.15. The Hall–Kier alpha value is -1.64. The number of rotatable bonds is 4. The largest absolute Gasteiger partial charge is 0.467 e. The highest BCUT2D eigenvalue weighted by Gasteiger charge is 2.28. The quantitative estimate of drug-likeness (QED) is 0.795. The molecule has 0 atom stereocenters. The Labute approximate surface area is 140 Å². The van der Waals surface area contributed by atoms with E-state index >= 15 is 0 Å². The second kappa shape index (κ2) is 6.46. The van der Waals surface area contributed by atoms with Crippen molar-refractivity contribution >= 4 is 15.9 Å². The highest BCUT2D eigenvalue weighted by Crippen LogP contribution is 2.28. The molecule has 0 aliphatic heterocycles. The molecule has 0 radical (unpaired) electrons. The van der Waals surface area contributed by atoms with E-state index in [1.807, 2.05) is 6.20 Å². The van der Waals surface area contributed by atoms with Crippen LogP contribution in [0.25, 0.3) is 0 Å². The maximum Gasteiger partial charge on any atom is 0.422 e. The molecule has 0 aliphatic rings. The zero-order valence-electron chi connectivity index (χ0n) is 12.9. The summed E-state index contributed by atoms with van der Waals surface area (Å²) in [6, 6.07) is 2.92. The number of alkyl halides is 3. The second-order valence-corrected chi connectivity index (χ2v) is 6.89. The second-order valence-electron chi connectivity index (χ2n) is 6.04. The minimum atomic E-state index is -4.40. The Morgan fingerprint density at radius 2 is 1.87 bits per heavy atom. The van der Waals surface area contributed by atoms with Crippen LogP contribution in [0.3, 0.4) is 0 Å². The zero-order valence-corrected chi connectivity index (χ0v) is 14.4. The van der Waals surface area contributed by atoms with Crippen molar-refractivity contribution in [1.29, 1.82) is 0 Å². The average molecular weight is 393 g/mol. The topological polar surface area (TPSA) is 52.8 Å². The summed E-state index contributed by atoms with van der Waals surface area (Å²) in [5.74, 6) is -0.164. The van der Waals surface area contributed by atoms with E-state index < -0.39 is 12.8 Å². The molecule has 0 fully saturated rings. The molecule has 23 heavy (non-hydrogen) atoms. The summed E-state index contributed by atoms with van der Waals surface area (Å²) in [4.78, 5) is 0. The molecule has 0 aromatic carbocycles. The highest BCUT2D eigenvalue weighted by atomic mass is 79.9. The lowest BCUT2D eigenvalue weighted by molar-refractivity contribution is -0.154. The van der Waals surface area contributed by atoms with Gasteiger partial charge in [0.05, 0.1) is 22.4 Å². The van der Waals surface area contributed by atoms with E-state index in [4.69, 9.17) is 0 Å². The first-order chi connectivity index (χ1) is 10.5. The Kier molecular flexibility index (Phi) is 4.98. The number of hydrogen-bond acceptors (Lipinski definition) is 4. The fraction of sp³-hybridized carbons (Fsp3) is 0.500. The summed E-state index contributed by atoms with van der Waals surface area (Å²) in [6.45, 7) is 5.13. The van der Waals surface area contributed by atoms with Crippen LogP contribution < -0.4 is 4.74 Å². The van der Waals surface area contributed by atoms with E-state index in [1.165, 1.54) is 6.07 Å². The zero-order chi connectivity index (χ0) is 17.3. The van der Waals surface area contributed by atoms with E-state index in [0.717, 1.165) is 10.2 Å². The van der Waals surface area contributed by atoms with E-state index in [1.54, 1.807) is 10.7 Å². The van der Waals surface area contributed by atoms with Crippen molar-refractivity contribution in [2.24, 2.45) is 0 Å². The van der Waals surface area contributed by atoms with Gasteiger partial charge in [-0.15, -0.1) is 10.2 Å². The highest BCUT2D eigenvalue weighted by molar-refractivity contribution is 9.10. The average Bonchev–Trinajstić information content (AvgIpc) is 2.78. The van der Waals surface area contributed by atoms with E-state index in [2.05, 4.69) is 56.7 Å². The standard InChI is InChI=1S/C14H16BrF3N4O/c1-13(2,3)12-10(15)7-22(21-12)6-9-4-5-11(20-19-9)23-8-14(16,17)18/h4-5,7H,6,8H2,1-3H3. The van der Waals surface area contributed by atoms with Crippen LogP contribution in [-0.2, 0) is 12.0 Å². The first kappa shape index (κ1) is 17.7. The van der Waals surface area contributed by atoms with E-state index in [-0.39, 0.29) is 11.3 Å². The summed E-state index contributed by atoms with van der Waals surface area (Å²) in [5, 5.41) is 12.0. The molecule has 5 nitrogen and oxygen atoms in total. The van der Waals surface area contributed by atoms with E-state index in [0.29, 0.717) is 12.2 Å². The van der Waals surface area contributed by atoms with Gasteiger partial charge < -0.3 is 4.74 Å². The molecular formula is C14H16BrF3N4O. The molecule has 2 aromatic rings. The molecule has 0 aliphatic carbocycles. The van der Waals surface area contributed by atoms with Gasteiger partial charge in [-0.05, 0) is 22.0 Å². The SMILES string of the molecule is CC(C)(C)c1nn(Cc2ccc(OCC(F)(F)F)nn2)cc1Br. The lowest BCUT2D eigenvalue weighted by Crippen LogP contribution is -2.19. The number of hydrogen-bond donors (Lipinski definition) is 0. The predicted molar refractivity (Wildman–Crippen MR) is 81.3 cm³/mol. The van der Waals surface area contributed by atoms with Crippen molar-refractivity contribution in [1.82, 2.24) is 20.0 Å². The van der Waals surface area contributed by atoms with Gasteiger partial charge in [0, 0.05) is 17.7 Å². The third kappa shape index (κ3) is 5.19. The van der Waals surface area contributed by atoms with Crippen LogP contribution in [-0.4, -0.2) is 32.8 Å². The van der Waals surface area contributed by atoms with Crippen LogP contribution in [0.15, 0.2) is 22.8 Å². The Bertz CT molecular complexity index is 662. The number of halogens is 4. The molecule has 126 valence electrons. The molecule has 2 aromatic heterocycles. The summed E-state index contributed by atoms with van der Waals surface area (Å²) in [7, 11) is 0.